The number of nitrogens with zero attached hydrogens (tertiary/aromatic N) is 3. The van der Waals surface area contributed by atoms with Crippen molar-refractivity contribution in [2.45, 2.75) is 25.7 Å². The van der Waals surface area contributed by atoms with Crippen molar-refractivity contribution in [3.63, 3.8) is 0 Å². The average Bonchev–Trinajstić information content (AvgIpc) is 3.01. The highest BCUT2D eigenvalue weighted by molar-refractivity contribution is 5.93. The number of nitrogens with one attached hydrogen (secondary N) is 1. The zero-order chi connectivity index (χ0) is 14.7. The first-order valence-electron chi connectivity index (χ1n) is 8.00. The van der Waals surface area contributed by atoms with E-state index in [9.17, 15) is 0 Å². The monoisotopic (exact) mass is 287 g/mol. The highest BCUT2D eigenvalue weighted by atomic mass is 15.2. The van der Waals surface area contributed by atoms with Gasteiger partial charge < -0.3 is 15.5 Å². The smallest absolute Gasteiger partial charge is 0.141 e. The fourth-order valence-electron chi connectivity index (χ4n) is 3.44. The van der Waals surface area contributed by atoms with Crippen molar-refractivity contribution in [2.75, 3.05) is 37.6 Å². The number of hydrogen-bond donors (Lipinski definition) is 2. The highest BCUT2D eigenvalue weighted by Crippen LogP contribution is 2.24. The lowest BCUT2D eigenvalue weighted by molar-refractivity contribution is 0.249. The molecule has 0 aromatic carbocycles. The molecule has 5 nitrogen and oxygen atoms in total. The summed E-state index contributed by atoms with van der Waals surface area (Å²) < 4.78 is 0. The van der Waals surface area contributed by atoms with Crippen molar-refractivity contribution >= 4 is 11.5 Å². The van der Waals surface area contributed by atoms with Crippen LogP contribution < -0.4 is 10.6 Å². The minimum atomic E-state index is 0.0332. The number of hydrogen-bond acceptors (Lipinski definition) is 4. The topological polar surface area (TPSA) is 69.2 Å². The van der Waals surface area contributed by atoms with Crippen LogP contribution in [0.25, 0.3) is 0 Å². The van der Waals surface area contributed by atoms with Gasteiger partial charge in [0.2, 0.25) is 0 Å². The maximum Gasteiger partial charge on any atom is 0.141 e. The summed E-state index contributed by atoms with van der Waals surface area (Å²) >= 11 is 0. The normalized spacial score (nSPS) is 20.9. The van der Waals surface area contributed by atoms with E-state index in [1.807, 2.05) is 18.3 Å². The minimum absolute atomic E-state index is 0.0332. The van der Waals surface area contributed by atoms with Crippen LogP contribution in [0.3, 0.4) is 0 Å². The maximum absolute atomic E-state index is 7.38. The van der Waals surface area contributed by atoms with E-state index >= 15 is 0 Å². The Balaban J connectivity index is 1.51. The van der Waals surface area contributed by atoms with Crippen LogP contribution in [0.1, 0.15) is 31.4 Å². The molecule has 0 unspecified atom stereocenters. The fourth-order valence-corrected chi connectivity index (χ4v) is 3.44. The molecule has 1 aromatic heterocycles. The van der Waals surface area contributed by atoms with Crippen LogP contribution in [0.5, 0.6) is 0 Å². The molecule has 0 amide bonds. The van der Waals surface area contributed by atoms with Crippen molar-refractivity contribution in [1.82, 2.24) is 9.88 Å². The van der Waals surface area contributed by atoms with Gasteiger partial charge in [-0.25, -0.2) is 0 Å². The van der Waals surface area contributed by atoms with Crippen molar-refractivity contribution in [3.05, 3.63) is 24.0 Å². The van der Waals surface area contributed by atoms with Crippen LogP contribution in [0.4, 0.5) is 5.69 Å². The largest absolute Gasteiger partial charge is 0.382 e. The highest BCUT2D eigenvalue weighted by Gasteiger charge is 2.23. The molecule has 2 aliphatic heterocycles. The molecule has 0 spiro atoms. The Bertz CT molecular complexity index is 470. The van der Waals surface area contributed by atoms with Crippen LogP contribution in [0.15, 0.2) is 18.3 Å². The van der Waals surface area contributed by atoms with E-state index in [2.05, 4.69) is 14.8 Å². The summed E-state index contributed by atoms with van der Waals surface area (Å²) in [5, 5.41) is 7.38. The molecular formula is C16H25N5. The van der Waals surface area contributed by atoms with E-state index in [-0.39, 0.29) is 5.84 Å². The van der Waals surface area contributed by atoms with Gasteiger partial charge in [0.1, 0.15) is 11.5 Å². The number of nitrogens with two attached hydrogens (primary N) is 1. The first-order valence-corrected chi connectivity index (χ1v) is 8.00. The fraction of sp³-hybridized carbons (Fsp3) is 0.625. The molecule has 0 aliphatic carbocycles. The van der Waals surface area contributed by atoms with Crippen LogP contribution in [0.2, 0.25) is 0 Å². The first kappa shape index (κ1) is 14.3. The molecule has 2 fully saturated rings. The zero-order valence-corrected chi connectivity index (χ0v) is 12.6. The summed E-state index contributed by atoms with van der Waals surface area (Å²) in [6, 6.07) is 3.87. The second kappa shape index (κ2) is 6.43. The summed E-state index contributed by atoms with van der Waals surface area (Å²) in [6.45, 7) is 6.11. The molecule has 1 aromatic rings. The third-order valence-corrected chi connectivity index (χ3v) is 4.72. The van der Waals surface area contributed by atoms with Crippen molar-refractivity contribution in [3.8, 4) is 0 Å². The van der Waals surface area contributed by atoms with Gasteiger partial charge in [0, 0.05) is 19.6 Å². The molecule has 5 heteroatoms. The number of aromatic nitrogens is 1. The molecule has 3 N–H and O–H groups in total. The molecule has 3 heterocycles. The van der Waals surface area contributed by atoms with Gasteiger partial charge in [-0.3, -0.25) is 10.4 Å². The Hall–Kier alpha value is -1.62. The SMILES string of the molecule is N=C(N)c1ccc(N2CCC(CN3CCCC3)CC2)cn1. The average molecular weight is 287 g/mol. The van der Waals surface area contributed by atoms with E-state index in [4.69, 9.17) is 11.1 Å². The molecule has 2 saturated heterocycles. The minimum Gasteiger partial charge on any atom is -0.382 e. The van der Waals surface area contributed by atoms with Gasteiger partial charge in [-0.05, 0) is 56.8 Å². The number of pyridine rings is 1. The molecule has 114 valence electrons. The Morgan fingerprint density at radius 3 is 2.48 bits per heavy atom. The molecule has 0 bridgehead atoms. The molecular weight excluding hydrogens is 262 g/mol. The number of anilines is 1. The molecule has 2 aliphatic rings. The van der Waals surface area contributed by atoms with Gasteiger partial charge in [0.15, 0.2) is 0 Å². The molecule has 0 atom stereocenters. The van der Waals surface area contributed by atoms with Gasteiger partial charge in [0.25, 0.3) is 0 Å². The van der Waals surface area contributed by atoms with Crippen molar-refractivity contribution in [2.24, 2.45) is 11.7 Å². The van der Waals surface area contributed by atoms with E-state index < -0.39 is 0 Å². The summed E-state index contributed by atoms with van der Waals surface area (Å²) in [4.78, 5) is 9.28. The Labute approximate surface area is 126 Å². The van der Waals surface area contributed by atoms with Crippen molar-refractivity contribution in [1.29, 1.82) is 5.41 Å². The van der Waals surface area contributed by atoms with E-state index in [0.717, 1.165) is 24.7 Å². The van der Waals surface area contributed by atoms with Gasteiger partial charge >= 0.3 is 0 Å². The van der Waals surface area contributed by atoms with E-state index in [0.29, 0.717) is 5.69 Å². The summed E-state index contributed by atoms with van der Waals surface area (Å²) in [5.41, 5.74) is 7.15. The lowest BCUT2D eigenvalue weighted by Gasteiger charge is -2.35. The quantitative estimate of drug-likeness (QED) is 0.653. The van der Waals surface area contributed by atoms with Gasteiger partial charge in [-0.15, -0.1) is 0 Å². The van der Waals surface area contributed by atoms with Gasteiger partial charge in [-0.2, -0.15) is 0 Å². The van der Waals surface area contributed by atoms with E-state index in [1.165, 1.54) is 45.3 Å². The number of amidine groups is 1. The van der Waals surface area contributed by atoms with Crippen LogP contribution in [-0.2, 0) is 0 Å². The Kier molecular flexibility index (Phi) is 4.39. The summed E-state index contributed by atoms with van der Waals surface area (Å²) in [7, 11) is 0. The predicted molar refractivity (Wildman–Crippen MR) is 85.9 cm³/mol. The Morgan fingerprint density at radius 2 is 1.90 bits per heavy atom. The number of likely N-dealkylation sites (tertiary alicyclic amines) is 1. The van der Waals surface area contributed by atoms with Crippen molar-refractivity contribution < 1.29 is 0 Å². The number of rotatable bonds is 4. The maximum atomic E-state index is 7.38. The molecule has 21 heavy (non-hydrogen) atoms. The lowest BCUT2D eigenvalue weighted by Crippen LogP contribution is -2.38. The third-order valence-electron chi connectivity index (χ3n) is 4.72. The zero-order valence-electron chi connectivity index (χ0n) is 12.6. The predicted octanol–water partition coefficient (Wildman–Crippen LogP) is 1.68. The Morgan fingerprint density at radius 1 is 1.19 bits per heavy atom. The lowest BCUT2D eigenvalue weighted by atomic mass is 9.96. The van der Waals surface area contributed by atoms with Gasteiger partial charge in [0.05, 0.1) is 11.9 Å². The number of piperidine rings is 1. The van der Waals surface area contributed by atoms with Crippen LogP contribution in [-0.4, -0.2) is 48.4 Å². The first-order chi connectivity index (χ1) is 10.2. The molecule has 3 rings (SSSR count). The third kappa shape index (κ3) is 3.53. The van der Waals surface area contributed by atoms with Crippen LogP contribution >= 0.6 is 0 Å². The molecule has 0 saturated carbocycles. The van der Waals surface area contributed by atoms with Gasteiger partial charge in [-0.1, -0.05) is 0 Å². The summed E-state index contributed by atoms with van der Waals surface area (Å²) in [5.74, 6) is 0.884. The van der Waals surface area contributed by atoms with E-state index in [1.54, 1.807) is 0 Å². The number of nitrogen functional groups attached to an aromatic ring is 1. The van der Waals surface area contributed by atoms with Crippen LogP contribution in [0, 0.1) is 11.3 Å². The standard InChI is InChI=1S/C16H25N5/c17-16(18)15-4-3-14(11-19-15)21-9-5-13(6-10-21)12-20-7-1-2-8-20/h3-4,11,13H,1-2,5-10,12H2,(H3,17,18). The molecule has 0 radical (unpaired) electrons. The second-order valence-corrected chi connectivity index (χ2v) is 6.25. The summed E-state index contributed by atoms with van der Waals surface area (Å²) in [6.07, 6.45) is 7.15. The second-order valence-electron chi connectivity index (χ2n) is 6.25.